The van der Waals surface area contributed by atoms with Gasteiger partial charge in [-0.25, -0.2) is 0 Å². The van der Waals surface area contributed by atoms with Gasteiger partial charge in [0.05, 0.1) is 0 Å². The van der Waals surface area contributed by atoms with Crippen LogP contribution in [-0.4, -0.2) is 5.38 Å². The highest BCUT2D eigenvalue weighted by molar-refractivity contribution is 6.21. The van der Waals surface area contributed by atoms with Gasteiger partial charge in [-0.3, -0.25) is 0 Å². The van der Waals surface area contributed by atoms with E-state index >= 15 is 0 Å². The van der Waals surface area contributed by atoms with Crippen molar-refractivity contribution in [3.05, 3.63) is 35.4 Å². The van der Waals surface area contributed by atoms with Crippen LogP contribution in [0.3, 0.4) is 0 Å². The third-order valence-electron chi connectivity index (χ3n) is 4.33. The van der Waals surface area contributed by atoms with Crippen LogP contribution < -0.4 is 0 Å². The molecule has 2 rings (SSSR count). The molecule has 0 spiro atoms. The second-order valence-corrected chi connectivity index (χ2v) is 6.75. The topological polar surface area (TPSA) is 0 Å². The summed E-state index contributed by atoms with van der Waals surface area (Å²) >= 11 is 6.65. The molecule has 0 saturated heterocycles. The molecule has 0 nitrogen and oxygen atoms in total. The molecular formula is C16H23Cl. The van der Waals surface area contributed by atoms with E-state index in [1.54, 1.807) is 0 Å². The van der Waals surface area contributed by atoms with Gasteiger partial charge in [0.2, 0.25) is 0 Å². The summed E-state index contributed by atoms with van der Waals surface area (Å²) in [4.78, 5) is 0. The lowest BCUT2D eigenvalue weighted by molar-refractivity contribution is 0.250. The fourth-order valence-corrected chi connectivity index (χ4v) is 3.76. The molecular weight excluding hydrogens is 228 g/mol. The maximum absolute atomic E-state index is 6.65. The van der Waals surface area contributed by atoms with Crippen LogP contribution in [0, 0.1) is 18.3 Å². The van der Waals surface area contributed by atoms with Crippen molar-refractivity contribution in [3.63, 3.8) is 0 Å². The van der Waals surface area contributed by atoms with Gasteiger partial charge in [-0.1, -0.05) is 50.1 Å². The van der Waals surface area contributed by atoms with Gasteiger partial charge >= 0.3 is 0 Å². The van der Waals surface area contributed by atoms with Crippen LogP contribution >= 0.6 is 11.6 Å². The second kappa shape index (κ2) is 5.02. The number of halogens is 1. The van der Waals surface area contributed by atoms with Crippen LogP contribution in [0.2, 0.25) is 0 Å². The van der Waals surface area contributed by atoms with E-state index in [0.29, 0.717) is 11.3 Å². The van der Waals surface area contributed by atoms with Crippen molar-refractivity contribution in [2.75, 3.05) is 0 Å². The van der Waals surface area contributed by atoms with Crippen LogP contribution in [-0.2, 0) is 6.42 Å². The highest BCUT2D eigenvalue weighted by Crippen LogP contribution is 2.46. The van der Waals surface area contributed by atoms with E-state index in [2.05, 4.69) is 45.0 Å². The monoisotopic (exact) mass is 250 g/mol. The quantitative estimate of drug-likeness (QED) is 0.665. The van der Waals surface area contributed by atoms with Crippen molar-refractivity contribution in [2.24, 2.45) is 11.3 Å². The molecule has 1 saturated carbocycles. The summed E-state index contributed by atoms with van der Waals surface area (Å²) in [6, 6.07) is 8.79. The number of alkyl halides is 1. The Kier molecular flexibility index (Phi) is 3.82. The lowest BCUT2D eigenvalue weighted by Crippen LogP contribution is -2.27. The van der Waals surface area contributed by atoms with Gasteiger partial charge in [0.25, 0.3) is 0 Å². The summed E-state index contributed by atoms with van der Waals surface area (Å²) in [7, 11) is 0. The van der Waals surface area contributed by atoms with Crippen molar-refractivity contribution in [3.8, 4) is 0 Å². The normalized spacial score (nSPS) is 24.8. The average molecular weight is 251 g/mol. The summed E-state index contributed by atoms with van der Waals surface area (Å²) in [6.07, 6.45) is 4.98. The van der Waals surface area contributed by atoms with E-state index in [1.165, 1.54) is 30.4 Å². The highest BCUT2D eigenvalue weighted by Gasteiger charge is 2.38. The van der Waals surface area contributed by atoms with Crippen molar-refractivity contribution >= 4 is 11.6 Å². The standard InChI is InChI=1S/C16H23Cl/c1-12-6-8-13(9-7-12)11-15(17)14-5-4-10-16(14,2)3/h6-9,14-15H,4-5,10-11H2,1-3H3. The van der Waals surface area contributed by atoms with Gasteiger partial charge < -0.3 is 0 Å². The van der Waals surface area contributed by atoms with Crippen LogP contribution in [0.5, 0.6) is 0 Å². The first-order valence-electron chi connectivity index (χ1n) is 6.69. The molecule has 0 N–H and O–H groups in total. The van der Waals surface area contributed by atoms with E-state index < -0.39 is 0 Å². The molecule has 0 amide bonds. The Bertz CT molecular complexity index is 364. The molecule has 17 heavy (non-hydrogen) atoms. The van der Waals surface area contributed by atoms with Crippen LogP contribution in [0.1, 0.15) is 44.2 Å². The van der Waals surface area contributed by atoms with Gasteiger partial charge in [-0.15, -0.1) is 11.6 Å². The lowest BCUT2D eigenvalue weighted by atomic mass is 9.78. The molecule has 0 aromatic heterocycles. The fraction of sp³-hybridized carbons (Fsp3) is 0.625. The Hall–Kier alpha value is -0.490. The first kappa shape index (κ1) is 13.0. The lowest BCUT2D eigenvalue weighted by Gasteiger charge is -2.30. The minimum Gasteiger partial charge on any atom is -0.122 e. The zero-order chi connectivity index (χ0) is 12.5. The van der Waals surface area contributed by atoms with Crippen LogP contribution in [0.15, 0.2) is 24.3 Å². The molecule has 1 aliphatic rings. The van der Waals surface area contributed by atoms with Gasteiger partial charge in [0, 0.05) is 5.38 Å². The van der Waals surface area contributed by atoms with Crippen molar-refractivity contribution in [2.45, 2.75) is 51.8 Å². The first-order chi connectivity index (χ1) is 7.99. The highest BCUT2D eigenvalue weighted by atomic mass is 35.5. The summed E-state index contributed by atoms with van der Waals surface area (Å²) in [5.74, 6) is 0.672. The minimum atomic E-state index is 0.287. The van der Waals surface area contributed by atoms with E-state index in [1.807, 2.05) is 0 Å². The molecule has 94 valence electrons. The summed E-state index contributed by atoms with van der Waals surface area (Å²) in [5, 5.41) is 0.287. The number of hydrogen-bond acceptors (Lipinski definition) is 0. The fourth-order valence-electron chi connectivity index (χ4n) is 3.12. The number of rotatable bonds is 3. The number of aryl methyl sites for hydroxylation is 1. The zero-order valence-corrected chi connectivity index (χ0v) is 11.9. The maximum atomic E-state index is 6.65. The Balaban J connectivity index is 2.01. The molecule has 2 atom stereocenters. The SMILES string of the molecule is Cc1ccc(CC(Cl)C2CCCC2(C)C)cc1. The van der Waals surface area contributed by atoms with E-state index in [0.717, 1.165) is 6.42 Å². The summed E-state index contributed by atoms with van der Waals surface area (Å²) < 4.78 is 0. The van der Waals surface area contributed by atoms with Crippen molar-refractivity contribution in [1.29, 1.82) is 0 Å². The average Bonchev–Trinajstić information content (AvgIpc) is 2.61. The second-order valence-electron chi connectivity index (χ2n) is 6.19. The van der Waals surface area contributed by atoms with E-state index in [-0.39, 0.29) is 5.38 Å². The Morgan fingerprint density at radius 1 is 1.29 bits per heavy atom. The molecule has 2 unspecified atom stereocenters. The number of hydrogen-bond donors (Lipinski definition) is 0. The van der Waals surface area contributed by atoms with Crippen LogP contribution in [0.25, 0.3) is 0 Å². The van der Waals surface area contributed by atoms with Crippen molar-refractivity contribution < 1.29 is 0 Å². The molecule has 1 aromatic rings. The van der Waals surface area contributed by atoms with Gasteiger partial charge in [-0.05, 0) is 43.1 Å². The van der Waals surface area contributed by atoms with Crippen molar-refractivity contribution in [1.82, 2.24) is 0 Å². The maximum Gasteiger partial charge on any atom is 0.0409 e. The van der Waals surface area contributed by atoms with Gasteiger partial charge in [-0.2, -0.15) is 0 Å². The molecule has 1 heteroatoms. The largest absolute Gasteiger partial charge is 0.122 e. The zero-order valence-electron chi connectivity index (χ0n) is 11.2. The third kappa shape index (κ3) is 3.04. The molecule has 1 aromatic carbocycles. The Morgan fingerprint density at radius 2 is 1.94 bits per heavy atom. The Labute approximate surface area is 110 Å². The van der Waals surface area contributed by atoms with Gasteiger partial charge in [0.15, 0.2) is 0 Å². The first-order valence-corrected chi connectivity index (χ1v) is 7.12. The smallest absolute Gasteiger partial charge is 0.0409 e. The van der Waals surface area contributed by atoms with Gasteiger partial charge in [0.1, 0.15) is 0 Å². The third-order valence-corrected chi connectivity index (χ3v) is 4.79. The summed E-state index contributed by atoms with van der Waals surface area (Å²) in [6.45, 7) is 6.87. The Morgan fingerprint density at radius 3 is 2.47 bits per heavy atom. The molecule has 1 fully saturated rings. The molecule has 0 aliphatic heterocycles. The summed E-state index contributed by atoms with van der Waals surface area (Å²) in [5.41, 5.74) is 3.12. The van der Waals surface area contributed by atoms with Crippen LogP contribution in [0.4, 0.5) is 0 Å². The predicted molar refractivity (Wildman–Crippen MR) is 75.6 cm³/mol. The molecule has 0 bridgehead atoms. The van der Waals surface area contributed by atoms with E-state index in [9.17, 15) is 0 Å². The molecule has 0 radical (unpaired) electrons. The number of benzene rings is 1. The van der Waals surface area contributed by atoms with E-state index in [4.69, 9.17) is 11.6 Å². The molecule has 1 aliphatic carbocycles. The minimum absolute atomic E-state index is 0.287. The molecule has 0 heterocycles. The predicted octanol–water partition coefficient (Wildman–Crippen LogP) is 4.97.